The largest absolute Gasteiger partial charge is 0.497 e. The van der Waals surface area contributed by atoms with Gasteiger partial charge in [0.1, 0.15) is 18.0 Å². The van der Waals surface area contributed by atoms with Crippen LogP contribution in [-0.2, 0) is 20.9 Å². The molecule has 2 atom stereocenters. The van der Waals surface area contributed by atoms with Gasteiger partial charge in [-0.3, -0.25) is 18.8 Å². The zero-order chi connectivity index (χ0) is 24.2. The van der Waals surface area contributed by atoms with E-state index < -0.39 is 17.9 Å². The number of ether oxygens (including phenoxy) is 2. The number of carbonyl (C=O) groups excluding carboxylic acids is 2. The number of methoxy groups -OCH3 is 1. The summed E-state index contributed by atoms with van der Waals surface area (Å²) in [5, 5.41) is 0. The number of aryl methyl sites for hydroxylation is 1. The molecular weight excluding hydrogens is 434 g/mol. The second-order valence-corrected chi connectivity index (χ2v) is 8.60. The summed E-state index contributed by atoms with van der Waals surface area (Å²) in [5.74, 6) is -0.467. The molecular formula is C26H29N3O5. The molecule has 3 aromatic rings. The van der Waals surface area contributed by atoms with Crippen LogP contribution in [0.4, 0.5) is 0 Å². The van der Waals surface area contributed by atoms with Crippen LogP contribution < -0.4 is 10.3 Å². The highest BCUT2D eigenvalue weighted by molar-refractivity contribution is 5.88. The molecule has 0 saturated carbocycles. The van der Waals surface area contributed by atoms with E-state index in [4.69, 9.17) is 9.47 Å². The number of fused-ring (bicyclic) bond motifs is 1. The Labute approximate surface area is 198 Å². The molecule has 1 saturated heterocycles. The summed E-state index contributed by atoms with van der Waals surface area (Å²) >= 11 is 0. The van der Waals surface area contributed by atoms with Crippen molar-refractivity contribution in [3.05, 3.63) is 75.8 Å². The summed E-state index contributed by atoms with van der Waals surface area (Å²) in [7, 11) is 1.59. The molecule has 1 amide bonds. The minimum absolute atomic E-state index is 0.0614. The maximum atomic E-state index is 13.1. The number of rotatable bonds is 8. The maximum absolute atomic E-state index is 13.1. The number of unbranched alkanes of at least 4 members (excludes halogenated alkanes) is 1. The molecule has 2 aromatic heterocycles. The first-order valence-electron chi connectivity index (χ1n) is 11.5. The quantitative estimate of drug-likeness (QED) is 0.476. The topological polar surface area (TPSA) is 90.2 Å². The predicted octanol–water partition coefficient (Wildman–Crippen LogP) is 3.44. The van der Waals surface area contributed by atoms with Crippen molar-refractivity contribution < 1.29 is 19.1 Å². The molecule has 1 aromatic carbocycles. The van der Waals surface area contributed by atoms with E-state index in [0.29, 0.717) is 23.6 Å². The highest BCUT2D eigenvalue weighted by Gasteiger charge is 2.45. The summed E-state index contributed by atoms with van der Waals surface area (Å²) in [6, 6.07) is 12.0. The first-order chi connectivity index (χ1) is 16.4. The molecule has 4 rings (SSSR count). The lowest BCUT2D eigenvalue weighted by atomic mass is 9.93. The Morgan fingerprint density at radius 1 is 1.15 bits per heavy atom. The minimum atomic E-state index is -0.637. The Morgan fingerprint density at radius 2 is 1.91 bits per heavy atom. The molecule has 0 N–H and O–H groups in total. The van der Waals surface area contributed by atoms with Crippen LogP contribution in [0.1, 0.15) is 49.0 Å². The van der Waals surface area contributed by atoms with Crippen LogP contribution in [0.3, 0.4) is 0 Å². The molecule has 0 unspecified atom stereocenters. The lowest BCUT2D eigenvalue weighted by molar-refractivity contribution is -0.151. The Hall–Kier alpha value is -3.68. The Morgan fingerprint density at radius 3 is 2.62 bits per heavy atom. The zero-order valence-electron chi connectivity index (χ0n) is 19.7. The predicted molar refractivity (Wildman–Crippen MR) is 126 cm³/mol. The highest BCUT2D eigenvalue weighted by Crippen LogP contribution is 2.39. The second-order valence-electron chi connectivity index (χ2n) is 8.60. The lowest BCUT2D eigenvalue weighted by Crippen LogP contribution is -2.32. The van der Waals surface area contributed by atoms with Crippen molar-refractivity contribution in [3.8, 4) is 5.75 Å². The summed E-state index contributed by atoms with van der Waals surface area (Å²) < 4.78 is 12.3. The monoisotopic (exact) mass is 463 g/mol. The summed E-state index contributed by atoms with van der Waals surface area (Å²) in [5.41, 5.74) is 2.43. The molecule has 0 radical (unpaired) electrons. The normalized spacial score (nSPS) is 17.9. The van der Waals surface area contributed by atoms with E-state index in [2.05, 4.69) is 11.9 Å². The van der Waals surface area contributed by atoms with Gasteiger partial charge in [0.05, 0.1) is 24.8 Å². The fourth-order valence-electron chi connectivity index (χ4n) is 4.39. The SMILES string of the molecule is CCCCN1C(=O)C[C@H](C(=O)OCc2cc(=O)n3cc(C)ccc3n2)[C@H]1c1ccc(OC)cc1. The van der Waals surface area contributed by atoms with Crippen LogP contribution in [0.15, 0.2) is 53.5 Å². The van der Waals surface area contributed by atoms with E-state index in [-0.39, 0.29) is 24.5 Å². The standard InChI is InChI=1S/C26H29N3O5/c1-4-5-12-28-24(31)14-21(25(28)18-7-9-20(33-3)10-8-18)26(32)34-16-19-13-23(30)29-15-17(2)6-11-22(29)27-19/h6-11,13,15,21,25H,4-5,12,14,16H2,1-3H3/t21-,25+/m0/s1. The second kappa shape index (κ2) is 10.1. The number of pyridine rings is 1. The molecule has 0 bridgehead atoms. The van der Waals surface area contributed by atoms with Crippen LogP contribution >= 0.6 is 0 Å². The molecule has 3 heterocycles. The molecule has 1 aliphatic rings. The van der Waals surface area contributed by atoms with Gasteiger partial charge < -0.3 is 14.4 Å². The Bertz CT molecular complexity index is 1250. The number of aromatic nitrogens is 2. The third-order valence-electron chi connectivity index (χ3n) is 6.17. The minimum Gasteiger partial charge on any atom is -0.497 e. The van der Waals surface area contributed by atoms with Gasteiger partial charge in [-0.05, 0) is 42.7 Å². The van der Waals surface area contributed by atoms with Gasteiger partial charge in [0, 0.05) is 25.2 Å². The third kappa shape index (κ3) is 4.81. The molecule has 8 nitrogen and oxygen atoms in total. The van der Waals surface area contributed by atoms with Crippen LogP contribution in [0, 0.1) is 12.8 Å². The summed E-state index contributed by atoms with van der Waals surface area (Å²) in [6.45, 7) is 4.41. The van der Waals surface area contributed by atoms with E-state index in [1.54, 1.807) is 24.3 Å². The molecule has 8 heteroatoms. The number of hydrogen-bond acceptors (Lipinski definition) is 6. The van der Waals surface area contributed by atoms with E-state index in [0.717, 1.165) is 24.0 Å². The summed E-state index contributed by atoms with van der Waals surface area (Å²) in [6.07, 6.45) is 3.60. The number of benzene rings is 1. The van der Waals surface area contributed by atoms with Gasteiger partial charge in [-0.15, -0.1) is 0 Å². The van der Waals surface area contributed by atoms with Crippen molar-refractivity contribution in [2.45, 2.75) is 45.8 Å². The van der Waals surface area contributed by atoms with E-state index in [9.17, 15) is 14.4 Å². The average Bonchev–Trinajstić information content (AvgIpc) is 3.17. The molecule has 1 fully saturated rings. The highest BCUT2D eigenvalue weighted by atomic mass is 16.5. The number of esters is 1. The number of nitrogens with zero attached hydrogens (tertiary/aromatic N) is 3. The number of hydrogen-bond donors (Lipinski definition) is 0. The molecule has 1 aliphatic heterocycles. The molecule has 34 heavy (non-hydrogen) atoms. The number of carbonyl (C=O) groups is 2. The molecule has 0 aliphatic carbocycles. The van der Waals surface area contributed by atoms with Gasteiger partial charge in [0.15, 0.2) is 0 Å². The first-order valence-corrected chi connectivity index (χ1v) is 11.5. The number of amides is 1. The Balaban J connectivity index is 1.55. The van der Waals surface area contributed by atoms with E-state index in [1.807, 2.05) is 37.3 Å². The van der Waals surface area contributed by atoms with Crippen LogP contribution in [0.2, 0.25) is 0 Å². The van der Waals surface area contributed by atoms with Gasteiger partial charge in [0.2, 0.25) is 5.91 Å². The van der Waals surface area contributed by atoms with Crippen molar-refractivity contribution in [2.75, 3.05) is 13.7 Å². The van der Waals surface area contributed by atoms with Crippen molar-refractivity contribution in [2.24, 2.45) is 5.92 Å². The molecule has 0 spiro atoms. The van der Waals surface area contributed by atoms with Crippen molar-refractivity contribution in [1.82, 2.24) is 14.3 Å². The van der Waals surface area contributed by atoms with Gasteiger partial charge in [-0.2, -0.15) is 0 Å². The zero-order valence-corrected chi connectivity index (χ0v) is 19.7. The maximum Gasteiger partial charge on any atom is 0.312 e. The van der Waals surface area contributed by atoms with Crippen molar-refractivity contribution in [3.63, 3.8) is 0 Å². The third-order valence-corrected chi connectivity index (χ3v) is 6.17. The Kier molecular flexibility index (Phi) is 6.95. The van der Waals surface area contributed by atoms with Crippen LogP contribution in [0.25, 0.3) is 5.65 Å². The number of likely N-dealkylation sites (tertiary alicyclic amines) is 1. The smallest absolute Gasteiger partial charge is 0.312 e. The van der Waals surface area contributed by atoms with Gasteiger partial charge in [-0.25, -0.2) is 4.98 Å². The fourth-order valence-corrected chi connectivity index (χ4v) is 4.39. The molecule has 178 valence electrons. The average molecular weight is 464 g/mol. The van der Waals surface area contributed by atoms with Gasteiger partial charge in [0.25, 0.3) is 5.56 Å². The van der Waals surface area contributed by atoms with Crippen molar-refractivity contribution in [1.29, 1.82) is 0 Å². The van der Waals surface area contributed by atoms with E-state index in [1.165, 1.54) is 10.5 Å². The van der Waals surface area contributed by atoms with Gasteiger partial charge >= 0.3 is 5.97 Å². The summed E-state index contributed by atoms with van der Waals surface area (Å²) in [4.78, 5) is 44.6. The van der Waals surface area contributed by atoms with Crippen LogP contribution in [-0.4, -0.2) is 39.8 Å². The fraction of sp³-hybridized carbons (Fsp3) is 0.385. The first kappa shape index (κ1) is 23.5. The van der Waals surface area contributed by atoms with Crippen molar-refractivity contribution >= 4 is 17.5 Å². The van der Waals surface area contributed by atoms with Gasteiger partial charge in [-0.1, -0.05) is 31.5 Å². The lowest BCUT2D eigenvalue weighted by Gasteiger charge is -2.28. The van der Waals surface area contributed by atoms with E-state index >= 15 is 0 Å². The van der Waals surface area contributed by atoms with Crippen LogP contribution in [0.5, 0.6) is 5.75 Å².